The van der Waals surface area contributed by atoms with Crippen LogP contribution in [0.3, 0.4) is 0 Å². The van der Waals surface area contributed by atoms with Crippen LogP contribution in [0.1, 0.15) is 35.7 Å². The molecule has 1 aliphatic heterocycles. The lowest BCUT2D eigenvalue weighted by Gasteiger charge is -2.33. The number of amides is 1. The van der Waals surface area contributed by atoms with Gasteiger partial charge >= 0.3 is 0 Å². The number of ether oxygens (including phenoxy) is 1. The van der Waals surface area contributed by atoms with Crippen molar-refractivity contribution in [2.45, 2.75) is 19.8 Å². The van der Waals surface area contributed by atoms with E-state index >= 15 is 0 Å². The highest BCUT2D eigenvalue weighted by atomic mass is 16.5. The van der Waals surface area contributed by atoms with Crippen molar-refractivity contribution in [2.75, 3.05) is 19.8 Å². The minimum Gasteiger partial charge on any atom is -0.409 e. The summed E-state index contributed by atoms with van der Waals surface area (Å²) in [7, 11) is 0. The molecule has 21 heavy (non-hydrogen) atoms. The van der Waals surface area contributed by atoms with E-state index in [9.17, 15) is 4.79 Å². The van der Waals surface area contributed by atoms with Gasteiger partial charge in [-0.1, -0.05) is 24.2 Å². The number of carbonyl (C=O) groups excluding carboxylic acids is 1. The Morgan fingerprint density at radius 1 is 1.33 bits per heavy atom. The van der Waals surface area contributed by atoms with Gasteiger partial charge < -0.3 is 21.0 Å². The maximum absolute atomic E-state index is 12.1. The number of hydrogen-bond acceptors (Lipinski definition) is 4. The van der Waals surface area contributed by atoms with E-state index in [-0.39, 0.29) is 17.2 Å². The summed E-state index contributed by atoms with van der Waals surface area (Å²) < 4.78 is 5.35. The number of nitrogens with two attached hydrogens (primary N) is 1. The van der Waals surface area contributed by atoms with Crippen LogP contribution in [0.15, 0.2) is 29.4 Å². The predicted octanol–water partition coefficient (Wildman–Crippen LogP) is 1.33. The van der Waals surface area contributed by atoms with Gasteiger partial charge in [-0.15, -0.1) is 0 Å². The minimum atomic E-state index is -0.117. The first-order valence-corrected chi connectivity index (χ1v) is 6.98. The summed E-state index contributed by atoms with van der Waals surface area (Å²) in [6.07, 6.45) is 1.91. The molecule has 114 valence electrons. The van der Waals surface area contributed by atoms with E-state index in [1.807, 2.05) is 0 Å². The van der Waals surface area contributed by atoms with Crippen molar-refractivity contribution in [1.29, 1.82) is 0 Å². The van der Waals surface area contributed by atoms with Crippen molar-refractivity contribution >= 4 is 11.7 Å². The Morgan fingerprint density at radius 3 is 2.48 bits per heavy atom. The minimum absolute atomic E-state index is 0.0247. The smallest absolute Gasteiger partial charge is 0.251 e. The number of amidine groups is 1. The molecule has 1 aliphatic rings. The first-order chi connectivity index (χ1) is 10.0. The standard InChI is InChI=1S/C15H21N3O3/c1-15(6-8-21-9-7-15)10-17-14(19)12-4-2-11(3-5-12)13(16)18-20/h2-5,20H,6-10H2,1H3,(H2,16,18)(H,17,19). The molecule has 1 fully saturated rings. The highest BCUT2D eigenvalue weighted by molar-refractivity contribution is 5.99. The molecule has 0 bridgehead atoms. The van der Waals surface area contributed by atoms with Crippen molar-refractivity contribution in [3.63, 3.8) is 0 Å². The molecule has 2 rings (SSSR count). The highest BCUT2D eigenvalue weighted by Crippen LogP contribution is 2.28. The average Bonchev–Trinajstić information content (AvgIpc) is 2.53. The van der Waals surface area contributed by atoms with E-state index < -0.39 is 0 Å². The van der Waals surface area contributed by atoms with E-state index in [0.29, 0.717) is 17.7 Å². The lowest BCUT2D eigenvalue weighted by atomic mass is 9.82. The van der Waals surface area contributed by atoms with Crippen molar-refractivity contribution in [3.05, 3.63) is 35.4 Å². The number of hydrogen-bond donors (Lipinski definition) is 3. The lowest BCUT2D eigenvalue weighted by Crippen LogP contribution is -2.39. The van der Waals surface area contributed by atoms with Gasteiger partial charge in [0.15, 0.2) is 5.84 Å². The monoisotopic (exact) mass is 291 g/mol. The topological polar surface area (TPSA) is 96.9 Å². The summed E-state index contributed by atoms with van der Waals surface area (Å²) in [5, 5.41) is 14.5. The summed E-state index contributed by atoms with van der Waals surface area (Å²) in [4.78, 5) is 12.1. The highest BCUT2D eigenvalue weighted by Gasteiger charge is 2.27. The predicted molar refractivity (Wildman–Crippen MR) is 79.4 cm³/mol. The Kier molecular flexibility index (Phi) is 4.80. The average molecular weight is 291 g/mol. The van der Waals surface area contributed by atoms with Crippen molar-refractivity contribution in [2.24, 2.45) is 16.3 Å². The van der Waals surface area contributed by atoms with Crippen LogP contribution in [0.5, 0.6) is 0 Å². The quantitative estimate of drug-likeness (QED) is 0.337. The van der Waals surface area contributed by atoms with E-state index in [4.69, 9.17) is 15.7 Å². The summed E-state index contributed by atoms with van der Waals surface area (Å²) in [6, 6.07) is 6.63. The first kappa shape index (κ1) is 15.3. The molecule has 6 nitrogen and oxygen atoms in total. The van der Waals surface area contributed by atoms with E-state index in [1.54, 1.807) is 24.3 Å². The van der Waals surface area contributed by atoms with Crippen molar-refractivity contribution < 1.29 is 14.7 Å². The number of benzene rings is 1. The Morgan fingerprint density at radius 2 is 1.90 bits per heavy atom. The molecule has 0 aliphatic carbocycles. The number of nitrogens with zero attached hydrogens (tertiary/aromatic N) is 1. The molecule has 0 spiro atoms. The van der Waals surface area contributed by atoms with Crippen molar-refractivity contribution in [3.8, 4) is 0 Å². The van der Waals surface area contributed by atoms with Gasteiger partial charge in [-0.2, -0.15) is 0 Å². The van der Waals surface area contributed by atoms with Crippen LogP contribution < -0.4 is 11.1 Å². The van der Waals surface area contributed by atoms with E-state index in [2.05, 4.69) is 17.4 Å². The van der Waals surface area contributed by atoms with Gasteiger partial charge in [-0.25, -0.2) is 0 Å². The molecule has 1 saturated heterocycles. The molecular weight excluding hydrogens is 270 g/mol. The van der Waals surface area contributed by atoms with Crippen LogP contribution in [0.4, 0.5) is 0 Å². The number of rotatable bonds is 4. The molecule has 1 heterocycles. The SMILES string of the molecule is CC1(CNC(=O)c2ccc(/C(N)=N/O)cc2)CCOCC1. The molecule has 1 aromatic rings. The number of carbonyl (C=O) groups is 1. The second-order valence-electron chi connectivity index (χ2n) is 5.67. The second kappa shape index (κ2) is 6.58. The van der Waals surface area contributed by atoms with Gasteiger partial charge in [-0.3, -0.25) is 4.79 Å². The Balaban J connectivity index is 1.94. The lowest BCUT2D eigenvalue weighted by molar-refractivity contribution is 0.0238. The van der Waals surface area contributed by atoms with Crippen LogP contribution in [0.2, 0.25) is 0 Å². The van der Waals surface area contributed by atoms with Crippen molar-refractivity contribution in [1.82, 2.24) is 5.32 Å². The van der Waals surface area contributed by atoms with Crippen LogP contribution in [-0.2, 0) is 4.74 Å². The molecule has 1 amide bonds. The molecule has 4 N–H and O–H groups in total. The van der Waals surface area contributed by atoms with Gasteiger partial charge in [0.2, 0.25) is 0 Å². The fourth-order valence-electron chi connectivity index (χ4n) is 2.29. The molecule has 6 heteroatoms. The van der Waals surface area contributed by atoms with Gasteiger partial charge in [0.05, 0.1) is 0 Å². The van der Waals surface area contributed by atoms with Crippen LogP contribution >= 0.6 is 0 Å². The summed E-state index contributed by atoms with van der Waals surface area (Å²) in [5.41, 5.74) is 6.71. The van der Waals surface area contributed by atoms with Crippen LogP contribution in [0.25, 0.3) is 0 Å². The van der Waals surface area contributed by atoms with Gasteiger partial charge in [-0.05, 0) is 30.4 Å². The van der Waals surface area contributed by atoms with E-state index in [1.165, 1.54) is 0 Å². The van der Waals surface area contributed by atoms with Gasteiger partial charge in [0.25, 0.3) is 5.91 Å². The van der Waals surface area contributed by atoms with Crippen LogP contribution in [0, 0.1) is 5.41 Å². The van der Waals surface area contributed by atoms with Crippen LogP contribution in [-0.4, -0.2) is 36.7 Å². The zero-order chi connectivity index (χ0) is 15.3. The number of oxime groups is 1. The normalized spacial score (nSPS) is 18.2. The zero-order valence-electron chi connectivity index (χ0n) is 12.1. The first-order valence-electron chi connectivity index (χ1n) is 6.98. The van der Waals surface area contributed by atoms with Gasteiger partial charge in [0, 0.05) is 30.9 Å². The summed E-state index contributed by atoms with van der Waals surface area (Å²) >= 11 is 0. The third-order valence-corrected chi connectivity index (χ3v) is 3.93. The molecule has 1 aromatic carbocycles. The summed E-state index contributed by atoms with van der Waals surface area (Å²) in [5.74, 6) is -0.0922. The molecule has 0 radical (unpaired) electrons. The maximum atomic E-state index is 12.1. The Labute approximate surface area is 124 Å². The summed E-state index contributed by atoms with van der Waals surface area (Å²) in [6.45, 7) is 4.30. The number of nitrogens with one attached hydrogen (secondary N) is 1. The largest absolute Gasteiger partial charge is 0.409 e. The Hall–Kier alpha value is -2.08. The molecule has 0 aromatic heterocycles. The maximum Gasteiger partial charge on any atom is 0.251 e. The Bertz CT molecular complexity index is 519. The van der Waals surface area contributed by atoms with Gasteiger partial charge in [0.1, 0.15) is 0 Å². The third kappa shape index (κ3) is 3.95. The van der Waals surface area contributed by atoms with E-state index in [0.717, 1.165) is 26.1 Å². The molecule has 0 atom stereocenters. The second-order valence-corrected chi connectivity index (χ2v) is 5.67. The molecular formula is C15H21N3O3. The molecule has 0 unspecified atom stereocenters. The third-order valence-electron chi connectivity index (χ3n) is 3.93. The molecule has 0 saturated carbocycles. The fraction of sp³-hybridized carbons (Fsp3) is 0.467. The fourth-order valence-corrected chi connectivity index (χ4v) is 2.29. The zero-order valence-corrected chi connectivity index (χ0v) is 12.1.